The van der Waals surface area contributed by atoms with E-state index in [9.17, 15) is 13.9 Å². The van der Waals surface area contributed by atoms with Crippen LogP contribution in [0, 0.1) is 17.6 Å². The van der Waals surface area contributed by atoms with Crippen LogP contribution in [0.2, 0.25) is 0 Å². The standard InChI is InChI=1S/C12H16F2O2/c1-8(6-7-16-2)12(15)11-9(13)4-3-5-10(11)14/h3-5,8,12,15H,6-7H2,1-2H3. The average molecular weight is 230 g/mol. The monoisotopic (exact) mass is 230 g/mol. The molecule has 0 aliphatic heterocycles. The van der Waals surface area contributed by atoms with E-state index in [0.717, 1.165) is 12.1 Å². The molecule has 0 aromatic heterocycles. The fourth-order valence-electron chi connectivity index (χ4n) is 1.54. The van der Waals surface area contributed by atoms with Crippen molar-refractivity contribution in [3.63, 3.8) is 0 Å². The van der Waals surface area contributed by atoms with Gasteiger partial charge in [0.2, 0.25) is 0 Å². The number of methoxy groups -OCH3 is 1. The number of rotatable bonds is 5. The van der Waals surface area contributed by atoms with E-state index in [1.807, 2.05) is 0 Å². The van der Waals surface area contributed by atoms with Crippen LogP contribution in [0.25, 0.3) is 0 Å². The number of hydrogen-bond donors (Lipinski definition) is 1. The van der Waals surface area contributed by atoms with Gasteiger partial charge in [0.05, 0.1) is 11.7 Å². The van der Waals surface area contributed by atoms with Gasteiger partial charge < -0.3 is 9.84 Å². The highest BCUT2D eigenvalue weighted by Gasteiger charge is 2.22. The SMILES string of the molecule is COCCC(C)C(O)c1c(F)cccc1F. The van der Waals surface area contributed by atoms with E-state index in [4.69, 9.17) is 4.74 Å². The van der Waals surface area contributed by atoms with Crippen LogP contribution in [-0.4, -0.2) is 18.8 Å². The summed E-state index contributed by atoms with van der Waals surface area (Å²) in [6.07, 6.45) is -0.595. The van der Waals surface area contributed by atoms with Crippen molar-refractivity contribution in [2.45, 2.75) is 19.4 Å². The Bertz CT molecular complexity index is 322. The smallest absolute Gasteiger partial charge is 0.131 e. The molecule has 90 valence electrons. The van der Waals surface area contributed by atoms with Crippen molar-refractivity contribution in [2.75, 3.05) is 13.7 Å². The molecular formula is C12H16F2O2. The summed E-state index contributed by atoms with van der Waals surface area (Å²) in [5.74, 6) is -1.68. The molecule has 0 aliphatic rings. The Morgan fingerprint density at radius 2 is 1.88 bits per heavy atom. The first-order valence-electron chi connectivity index (χ1n) is 5.18. The average Bonchev–Trinajstić information content (AvgIpc) is 2.25. The maximum atomic E-state index is 13.4. The normalized spacial score (nSPS) is 14.8. The van der Waals surface area contributed by atoms with Crippen molar-refractivity contribution < 1.29 is 18.6 Å². The van der Waals surface area contributed by atoms with Crippen molar-refractivity contribution in [3.05, 3.63) is 35.4 Å². The lowest BCUT2D eigenvalue weighted by molar-refractivity contribution is 0.0828. The predicted molar refractivity (Wildman–Crippen MR) is 57.0 cm³/mol. The molecule has 0 aliphatic carbocycles. The summed E-state index contributed by atoms with van der Waals surface area (Å²) in [4.78, 5) is 0. The number of aliphatic hydroxyl groups is 1. The first-order valence-corrected chi connectivity index (χ1v) is 5.18. The second-order valence-electron chi connectivity index (χ2n) is 3.84. The van der Waals surface area contributed by atoms with E-state index in [-0.39, 0.29) is 11.5 Å². The number of aliphatic hydroxyl groups excluding tert-OH is 1. The molecule has 2 unspecified atom stereocenters. The van der Waals surface area contributed by atoms with Gasteiger partial charge in [-0.15, -0.1) is 0 Å². The summed E-state index contributed by atoms with van der Waals surface area (Å²) in [6, 6.07) is 3.57. The Balaban J connectivity index is 2.82. The van der Waals surface area contributed by atoms with Crippen LogP contribution in [0.5, 0.6) is 0 Å². The van der Waals surface area contributed by atoms with Crippen LogP contribution in [0.1, 0.15) is 25.0 Å². The summed E-state index contributed by atoms with van der Waals surface area (Å²) in [5, 5.41) is 9.84. The van der Waals surface area contributed by atoms with Crippen LogP contribution >= 0.6 is 0 Å². The highest BCUT2D eigenvalue weighted by molar-refractivity contribution is 5.22. The van der Waals surface area contributed by atoms with Crippen LogP contribution in [0.4, 0.5) is 8.78 Å². The van der Waals surface area contributed by atoms with E-state index < -0.39 is 17.7 Å². The number of hydrogen-bond acceptors (Lipinski definition) is 2. The van der Waals surface area contributed by atoms with Gasteiger partial charge in [-0.25, -0.2) is 8.78 Å². The van der Waals surface area contributed by atoms with Gasteiger partial charge in [0.25, 0.3) is 0 Å². The highest BCUT2D eigenvalue weighted by atomic mass is 19.1. The van der Waals surface area contributed by atoms with Gasteiger partial charge in [-0.3, -0.25) is 0 Å². The minimum absolute atomic E-state index is 0.258. The summed E-state index contributed by atoms with van der Waals surface area (Å²) < 4.78 is 31.6. The van der Waals surface area contributed by atoms with E-state index in [0.29, 0.717) is 13.0 Å². The molecule has 1 rings (SSSR count). The Kier molecular flexibility index (Phi) is 4.83. The van der Waals surface area contributed by atoms with Crippen LogP contribution in [-0.2, 0) is 4.74 Å². The highest BCUT2D eigenvalue weighted by Crippen LogP contribution is 2.28. The van der Waals surface area contributed by atoms with Gasteiger partial charge in [-0.1, -0.05) is 13.0 Å². The number of ether oxygens (including phenoxy) is 1. The topological polar surface area (TPSA) is 29.5 Å². The fraction of sp³-hybridized carbons (Fsp3) is 0.500. The second kappa shape index (κ2) is 5.92. The summed E-state index contributed by atoms with van der Waals surface area (Å²) in [6.45, 7) is 2.18. The Morgan fingerprint density at radius 3 is 2.38 bits per heavy atom. The van der Waals surface area contributed by atoms with E-state index in [2.05, 4.69) is 0 Å². The maximum absolute atomic E-state index is 13.4. The van der Waals surface area contributed by atoms with Crippen molar-refractivity contribution >= 4 is 0 Å². The molecule has 2 atom stereocenters. The molecular weight excluding hydrogens is 214 g/mol. The Labute approximate surface area is 93.9 Å². The van der Waals surface area contributed by atoms with Crippen molar-refractivity contribution in [3.8, 4) is 0 Å². The third kappa shape index (κ3) is 3.00. The van der Waals surface area contributed by atoms with Crippen molar-refractivity contribution in [1.29, 1.82) is 0 Å². The summed E-state index contributed by atoms with van der Waals surface area (Å²) in [7, 11) is 1.54. The van der Waals surface area contributed by atoms with Gasteiger partial charge in [-0.2, -0.15) is 0 Å². The zero-order valence-corrected chi connectivity index (χ0v) is 9.41. The second-order valence-corrected chi connectivity index (χ2v) is 3.84. The van der Waals surface area contributed by atoms with Gasteiger partial charge >= 0.3 is 0 Å². The predicted octanol–water partition coefficient (Wildman–Crippen LogP) is 2.67. The minimum Gasteiger partial charge on any atom is -0.388 e. The van der Waals surface area contributed by atoms with E-state index >= 15 is 0 Å². The molecule has 1 N–H and O–H groups in total. The molecule has 0 heterocycles. The minimum atomic E-state index is -1.14. The Morgan fingerprint density at radius 1 is 1.31 bits per heavy atom. The summed E-state index contributed by atoms with van der Waals surface area (Å²) >= 11 is 0. The number of benzene rings is 1. The fourth-order valence-corrected chi connectivity index (χ4v) is 1.54. The molecule has 1 aromatic rings. The molecule has 0 spiro atoms. The molecule has 16 heavy (non-hydrogen) atoms. The molecule has 0 saturated carbocycles. The van der Waals surface area contributed by atoms with Crippen LogP contribution < -0.4 is 0 Å². The molecule has 0 radical (unpaired) electrons. The lowest BCUT2D eigenvalue weighted by atomic mass is 9.94. The molecule has 4 heteroatoms. The van der Waals surface area contributed by atoms with Crippen molar-refractivity contribution in [1.82, 2.24) is 0 Å². The summed E-state index contributed by atoms with van der Waals surface area (Å²) in [5.41, 5.74) is -0.258. The Hall–Kier alpha value is -1.00. The van der Waals surface area contributed by atoms with Gasteiger partial charge in [-0.05, 0) is 24.5 Å². The van der Waals surface area contributed by atoms with E-state index in [1.165, 1.54) is 6.07 Å². The van der Waals surface area contributed by atoms with Crippen LogP contribution in [0.15, 0.2) is 18.2 Å². The molecule has 0 bridgehead atoms. The van der Waals surface area contributed by atoms with E-state index in [1.54, 1.807) is 14.0 Å². The third-order valence-corrected chi connectivity index (χ3v) is 2.61. The van der Waals surface area contributed by atoms with Crippen molar-refractivity contribution in [2.24, 2.45) is 5.92 Å². The maximum Gasteiger partial charge on any atom is 0.131 e. The van der Waals surface area contributed by atoms with Crippen LogP contribution in [0.3, 0.4) is 0 Å². The molecule has 1 aromatic carbocycles. The zero-order chi connectivity index (χ0) is 12.1. The first kappa shape index (κ1) is 13.1. The zero-order valence-electron chi connectivity index (χ0n) is 9.41. The molecule has 0 amide bonds. The quantitative estimate of drug-likeness (QED) is 0.842. The lowest BCUT2D eigenvalue weighted by Gasteiger charge is -2.19. The lowest BCUT2D eigenvalue weighted by Crippen LogP contribution is -2.14. The van der Waals surface area contributed by atoms with Gasteiger partial charge in [0.1, 0.15) is 11.6 Å². The van der Waals surface area contributed by atoms with Gasteiger partial charge in [0, 0.05) is 13.7 Å². The number of halogens is 2. The molecule has 0 saturated heterocycles. The third-order valence-electron chi connectivity index (χ3n) is 2.61. The van der Waals surface area contributed by atoms with Gasteiger partial charge in [0.15, 0.2) is 0 Å². The first-order chi connectivity index (χ1) is 7.57. The molecule has 0 fully saturated rings. The largest absolute Gasteiger partial charge is 0.388 e. The molecule has 2 nitrogen and oxygen atoms in total.